The number of rotatable bonds is 5. The summed E-state index contributed by atoms with van der Waals surface area (Å²) in [5.74, 6) is -1.36. The van der Waals surface area contributed by atoms with E-state index in [1.807, 2.05) is 33.8 Å². The van der Waals surface area contributed by atoms with Crippen LogP contribution in [-0.4, -0.2) is 40.6 Å². The molecule has 5 heteroatoms. The fourth-order valence-corrected chi connectivity index (χ4v) is 2.10. The molecule has 116 valence electrons. The van der Waals surface area contributed by atoms with E-state index in [0.717, 1.165) is 10.5 Å². The summed E-state index contributed by atoms with van der Waals surface area (Å²) in [7, 11) is 1.41. The number of carbonyl (C=O) groups is 2. The zero-order chi connectivity index (χ0) is 16.3. The van der Waals surface area contributed by atoms with Gasteiger partial charge in [-0.15, -0.1) is 0 Å². The third kappa shape index (κ3) is 3.97. The van der Waals surface area contributed by atoms with Gasteiger partial charge in [-0.05, 0) is 29.0 Å². The van der Waals surface area contributed by atoms with Gasteiger partial charge in [0.15, 0.2) is 0 Å². The zero-order valence-electron chi connectivity index (χ0n) is 13.2. The van der Waals surface area contributed by atoms with Crippen LogP contribution in [0.3, 0.4) is 0 Å². The highest BCUT2D eigenvalue weighted by atomic mass is 16.4. The number of aromatic hydroxyl groups is 1. The number of nitrogens with zero attached hydrogens (tertiary/aromatic N) is 1. The van der Waals surface area contributed by atoms with Crippen LogP contribution in [-0.2, 0) is 4.79 Å². The lowest BCUT2D eigenvalue weighted by atomic mass is 9.91. The molecule has 21 heavy (non-hydrogen) atoms. The van der Waals surface area contributed by atoms with E-state index in [9.17, 15) is 14.7 Å². The first-order chi connectivity index (χ1) is 9.65. The molecule has 0 aliphatic carbocycles. The van der Waals surface area contributed by atoms with Crippen molar-refractivity contribution in [3.8, 4) is 5.75 Å². The van der Waals surface area contributed by atoms with Crippen molar-refractivity contribution < 1.29 is 19.8 Å². The van der Waals surface area contributed by atoms with Gasteiger partial charge in [-0.3, -0.25) is 9.59 Å². The van der Waals surface area contributed by atoms with E-state index < -0.39 is 18.4 Å². The van der Waals surface area contributed by atoms with E-state index in [2.05, 4.69) is 0 Å². The summed E-state index contributed by atoms with van der Waals surface area (Å²) in [4.78, 5) is 24.2. The number of aliphatic carboxylic acids is 1. The van der Waals surface area contributed by atoms with Crippen molar-refractivity contribution in [3.05, 3.63) is 28.8 Å². The van der Waals surface area contributed by atoms with Gasteiger partial charge in [0.2, 0.25) is 0 Å². The molecule has 0 aliphatic heterocycles. The Hall–Kier alpha value is -2.04. The van der Waals surface area contributed by atoms with Crippen LogP contribution in [0.5, 0.6) is 5.75 Å². The van der Waals surface area contributed by atoms with E-state index in [4.69, 9.17) is 5.11 Å². The Kier molecular flexibility index (Phi) is 5.35. The highest BCUT2D eigenvalue weighted by Gasteiger charge is 2.22. The summed E-state index contributed by atoms with van der Waals surface area (Å²) >= 11 is 0. The Bertz CT molecular complexity index is 549. The van der Waals surface area contributed by atoms with Gasteiger partial charge in [0, 0.05) is 7.05 Å². The van der Waals surface area contributed by atoms with Crippen LogP contribution < -0.4 is 0 Å². The first kappa shape index (κ1) is 17.0. The minimum Gasteiger partial charge on any atom is -0.507 e. The van der Waals surface area contributed by atoms with Gasteiger partial charge in [-0.1, -0.05) is 33.8 Å². The number of benzene rings is 1. The lowest BCUT2D eigenvalue weighted by Crippen LogP contribution is -2.32. The smallest absolute Gasteiger partial charge is 0.323 e. The van der Waals surface area contributed by atoms with Crippen LogP contribution in [0.25, 0.3) is 0 Å². The summed E-state index contributed by atoms with van der Waals surface area (Å²) < 4.78 is 0. The third-order valence-electron chi connectivity index (χ3n) is 3.40. The molecule has 0 bridgehead atoms. The highest BCUT2D eigenvalue weighted by Crippen LogP contribution is 2.33. The Morgan fingerprint density at radius 2 is 1.71 bits per heavy atom. The molecular formula is C16H23NO4. The molecule has 0 unspecified atom stereocenters. The van der Waals surface area contributed by atoms with E-state index in [1.54, 1.807) is 6.07 Å². The van der Waals surface area contributed by atoms with E-state index in [-0.39, 0.29) is 23.1 Å². The van der Waals surface area contributed by atoms with E-state index in [1.165, 1.54) is 7.05 Å². The number of carboxylic acid groups (broad SMARTS) is 1. The normalized spacial score (nSPS) is 11.0. The van der Waals surface area contributed by atoms with Crippen molar-refractivity contribution in [3.63, 3.8) is 0 Å². The minimum atomic E-state index is -1.09. The lowest BCUT2D eigenvalue weighted by molar-refractivity contribution is -0.137. The first-order valence-electron chi connectivity index (χ1n) is 6.99. The molecule has 1 rings (SSSR count). The molecule has 2 N–H and O–H groups in total. The van der Waals surface area contributed by atoms with Crippen LogP contribution in [0.1, 0.15) is 61.0 Å². The van der Waals surface area contributed by atoms with Crippen molar-refractivity contribution in [2.75, 3.05) is 13.6 Å². The second-order valence-electron chi connectivity index (χ2n) is 5.87. The van der Waals surface area contributed by atoms with Gasteiger partial charge in [-0.2, -0.15) is 0 Å². The maximum atomic E-state index is 12.4. The number of hydrogen-bond acceptors (Lipinski definition) is 3. The maximum Gasteiger partial charge on any atom is 0.323 e. The van der Waals surface area contributed by atoms with Gasteiger partial charge in [-0.25, -0.2) is 0 Å². The molecule has 0 saturated carbocycles. The fourth-order valence-electron chi connectivity index (χ4n) is 2.10. The topological polar surface area (TPSA) is 77.8 Å². The van der Waals surface area contributed by atoms with Gasteiger partial charge in [0.1, 0.15) is 12.3 Å². The van der Waals surface area contributed by atoms with Crippen molar-refractivity contribution in [2.45, 2.75) is 39.5 Å². The molecule has 0 fully saturated rings. The number of carboxylic acids is 1. The van der Waals surface area contributed by atoms with Gasteiger partial charge < -0.3 is 15.1 Å². The Balaban J connectivity index is 3.33. The molecule has 0 radical (unpaired) electrons. The van der Waals surface area contributed by atoms with Gasteiger partial charge in [0.25, 0.3) is 5.91 Å². The number of phenols is 1. The average Bonchev–Trinajstić information content (AvgIpc) is 2.36. The van der Waals surface area contributed by atoms with Crippen LogP contribution in [0, 0.1) is 0 Å². The van der Waals surface area contributed by atoms with Crippen molar-refractivity contribution in [1.29, 1.82) is 0 Å². The highest BCUT2D eigenvalue weighted by molar-refractivity contribution is 5.98. The summed E-state index contributed by atoms with van der Waals surface area (Å²) in [5.41, 5.74) is 1.81. The number of phenolic OH excluding ortho intramolecular Hbond substituents is 1. The molecule has 5 nitrogen and oxygen atoms in total. The Morgan fingerprint density at radius 3 is 2.14 bits per heavy atom. The number of hydrogen-bond donors (Lipinski definition) is 2. The summed E-state index contributed by atoms with van der Waals surface area (Å²) in [6, 6.07) is 3.55. The second-order valence-corrected chi connectivity index (χ2v) is 5.87. The Labute approximate surface area is 125 Å². The summed E-state index contributed by atoms with van der Waals surface area (Å²) in [6.07, 6.45) is 0. The molecule has 0 saturated heterocycles. The summed E-state index contributed by atoms with van der Waals surface area (Å²) in [6.45, 7) is 7.49. The molecule has 0 spiro atoms. The van der Waals surface area contributed by atoms with Crippen LogP contribution in [0.15, 0.2) is 12.1 Å². The molecular weight excluding hydrogens is 270 g/mol. The SMILES string of the molecule is CC(C)c1cc(C(=O)N(C)CC(=O)O)c(O)c(C(C)C)c1. The lowest BCUT2D eigenvalue weighted by Gasteiger charge is -2.20. The molecule has 0 heterocycles. The van der Waals surface area contributed by atoms with Crippen LogP contribution in [0.4, 0.5) is 0 Å². The molecule has 1 amide bonds. The number of likely N-dealkylation sites (N-methyl/N-ethyl adjacent to an activating group) is 1. The van der Waals surface area contributed by atoms with E-state index in [0.29, 0.717) is 5.56 Å². The number of amides is 1. The molecule has 0 atom stereocenters. The quantitative estimate of drug-likeness (QED) is 0.875. The van der Waals surface area contributed by atoms with Crippen LogP contribution >= 0.6 is 0 Å². The zero-order valence-corrected chi connectivity index (χ0v) is 13.2. The first-order valence-corrected chi connectivity index (χ1v) is 6.99. The maximum absolute atomic E-state index is 12.4. The van der Waals surface area contributed by atoms with Gasteiger partial charge >= 0.3 is 5.97 Å². The van der Waals surface area contributed by atoms with Gasteiger partial charge in [0.05, 0.1) is 5.56 Å². The van der Waals surface area contributed by atoms with Crippen LogP contribution in [0.2, 0.25) is 0 Å². The second kappa shape index (κ2) is 6.61. The fraction of sp³-hybridized carbons (Fsp3) is 0.500. The molecule has 1 aromatic carbocycles. The minimum absolute atomic E-state index is 0.0587. The molecule has 0 aliphatic rings. The monoisotopic (exact) mass is 293 g/mol. The third-order valence-corrected chi connectivity index (χ3v) is 3.40. The largest absolute Gasteiger partial charge is 0.507 e. The van der Waals surface area contributed by atoms with Crippen molar-refractivity contribution in [1.82, 2.24) is 4.90 Å². The predicted octanol–water partition coefficient (Wildman–Crippen LogP) is 2.80. The Morgan fingerprint density at radius 1 is 1.14 bits per heavy atom. The molecule has 1 aromatic rings. The van der Waals surface area contributed by atoms with E-state index >= 15 is 0 Å². The average molecular weight is 293 g/mol. The molecule has 0 aromatic heterocycles. The van der Waals surface area contributed by atoms with Crippen molar-refractivity contribution >= 4 is 11.9 Å². The standard InChI is InChI=1S/C16H23NO4/c1-9(2)11-6-12(10(3)4)15(20)13(7-11)16(21)17(5)8-14(18)19/h6-7,9-10,20H,8H2,1-5H3,(H,18,19). The number of carbonyl (C=O) groups excluding carboxylic acids is 1. The predicted molar refractivity (Wildman–Crippen MR) is 80.9 cm³/mol. The summed E-state index contributed by atoms with van der Waals surface area (Å²) in [5, 5.41) is 19.1. The van der Waals surface area contributed by atoms with Crippen molar-refractivity contribution in [2.24, 2.45) is 0 Å².